The number of hydrogen-bond acceptors (Lipinski definition) is 2. The van der Waals surface area contributed by atoms with Gasteiger partial charge < -0.3 is 10.2 Å². The van der Waals surface area contributed by atoms with Crippen molar-refractivity contribution in [3.63, 3.8) is 0 Å². The largest absolute Gasteiger partial charge is 0.416 e. The summed E-state index contributed by atoms with van der Waals surface area (Å²) in [7, 11) is 2.02. The Morgan fingerprint density at radius 2 is 1.83 bits per heavy atom. The number of carbonyl (C=O) groups is 1. The number of benzene rings is 2. The fourth-order valence-corrected chi connectivity index (χ4v) is 4.40. The molecule has 2 fully saturated rings. The Morgan fingerprint density at radius 1 is 1.13 bits per heavy atom. The van der Waals surface area contributed by atoms with Crippen molar-refractivity contribution in [2.24, 2.45) is 0 Å². The third-order valence-electron chi connectivity index (χ3n) is 6.00. The van der Waals surface area contributed by atoms with Gasteiger partial charge in [-0.2, -0.15) is 13.2 Å². The van der Waals surface area contributed by atoms with Crippen LogP contribution in [0, 0.1) is 0 Å². The highest BCUT2D eigenvalue weighted by Gasteiger charge is 2.39. The summed E-state index contributed by atoms with van der Waals surface area (Å²) >= 11 is 0. The topological polar surface area (TPSA) is 32.3 Å². The second-order valence-electron chi connectivity index (χ2n) is 8.32. The van der Waals surface area contributed by atoms with E-state index in [0.717, 1.165) is 49.9 Å². The zero-order valence-electron chi connectivity index (χ0n) is 16.8. The zero-order valence-corrected chi connectivity index (χ0v) is 17.7. The molecule has 1 amide bonds. The van der Waals surface area contributed by atoms with Crippen LogP contribution in [-0.4, -0.2) is 30.9 Å². The standard InChI is InChI=1S/C23H25F3N2O.ClH/c1-28-13-5-12-22(15-28,17-6-3-2-4-7-17)27-21(29)19-11-10-18(23(24,25)26)14-20(19)16-8-9-16;/h2-4,6-7,10-11,14,16H,5,8-9,12-13,15H2,1H3,(H,27,29);1H. The molecule has 1 atom stereocenters. The number of piperidine rings is 1. The Balaban J connectivity index is 0.00000256. The predicted molar refractivity (Wildman–Crippen MR) is 113 cm³/mol. The molecule has 1 aliphatic carbocycles. The van der Waals surface area contributed by atoms with Crippen LogP contribution in [0.15, 0.2) is 48.5 Å². The summed E-state index contributed by atoms with van der Waals surface area (Å²) in [6.07, 6.45) is -1.01. The number of hydrogen-bond donors (Lipinski definition) is 1. The van der Waals surface area contributed by atoms with E-state index in [2.05, 4.69) is 10.2 Å². The van der Waals surface area contributed by atoms with Gasteiger partial charge in [0.25, 0.3) is 5.91 Å². The van der Waals surface area contributed by atoms with Crippen LogP contribution < -0.4 is 5.32 Å². The Kier molecular flexibility index (Phi) is 6.48. The molecule has 1 N–H and O–H groups in total. The lowest BCUT2D eigenvalue weighted by Gasteiger charge is -2.42. The van der Waals surface area contributed by atoms with Crippen molar-refractivity contribution < 1.29 is 18.0 Å². The van der Waals surface area contributed by atoms with Crippen molar-refractivity contribution in [2.75, 3.05) is 20.1 Å². The van der Waals surface area contributed by atoms with Crippen LogP contribution in [0.1, 0.15) is 58.6 Å². The first-order valence-electron chi connectivity index (χ1n) is 10.1. The smallest absolute Gasteiger partial charge is 0.341 e. The van der Waals surface area contributed by atoms with E-state index in [0.29, 0.717) is 17.7 Å². The lowest BCUT2D eigenvalue weighted by atomic mass is 9.82. The molecular weight excluding hydrogens is 413 g/mol. The maximum atomic E-state index is 13.3. The molecule has 30 heavy (non-hydrogen) atoms. The molecule has 2 aromatic carbocycles. The molecule has 2 aliphatic rings. The molecule has 1 unspecified atom stereocenters. The van der Waals surface area contributed by atoms with Gasteiger partial charge in [-0.25, -0.2) is 0 Å². The Hall–Kier alpha value is -2.05. The first-order valence-corrected chi connectivity index (χ1v) is 10.1. The molecule has 7 heteroatoms. The maximum Gasteiger partial charge on any atom is 0.416 e. The number of nitrogens with one attached hydrogen (secondary N) is 1. The quantitative estimate of drug-likeness (QED) is 0.697. The van der Waals surface area contributed by atoms with Gasteiger partial charge in [0, 0.05) is 12.1 Å². The lowest BCUT2D eigenvalue weighted by molar-refractivity contribution is -0.137. The first-order chi connectivity index (χ1) is 13.8. The SMILES string of the molecule is CN1CCCC(NC(=O)c2ccc(C(F)(F)F)cc2C2CC2)(c2ccccc2)C1.Cl. The van der Waals surface area contributed by atoms with Gasteiger partial charge >= 0.3 is 6.18 Å². The molecule has 1 aliphatic heterocycles. The lowest BCUT2D eigenvalue weighted by Crippen LogP contribution is -2.55. The van der Waals surface area contributed by atoms with Crippen LogP contribution in [0.3, 0.4) is 0 Å². The summed E-state index contributed by atoms with van der Waals surface area (Å²) in [6, 6.07) is 13.4. The van der Waals surface area contributed by atoms with E-state index in [4.69, 9.17) is 0 Å². The van der Waals surface area contributed by atoms with Gasteiger partial charge in [0.1, 0.15) is 0 Å². The number of nitrogens with zero attached hydrogens (tertiary/aromatic N) is 1. The van der Waals surface area contributed by atoms with Crippen molar-refractivity contribution in [3.8, 4) is 0 Å². The van der Waals surface area contributed by atoms with Gasteiger partial charge in [-0.1, -0.05) is 30.3 Å². The number of rotatable bonds is 4. The van der Waals surface area contributed by atoms with E-state index in [1.165, 1.54) is 6.07 Å². The summed E-state index contributed by atoms with van der Waals surface area (Å²) in [5, 5.41) is 3.21. The number of alkyl halides is 3. The summed E-state index contributed by atoms with van der Waals surface area (Å²) in [5.74, 6) is -0.250. The normalized spacial score (nSPS) is 22.3. The maximum absolute atomic E-state index is 13.3. The van der Waals surface area contributed by atoms with Crippen molar-refractivity contribution in [1.82, 2.24) is 10.2 Å². The first kappa shape index (κ1) is 22.6. The van der Waals surface area contributed by atoms with Crippen LogP contribution in [0.5, 0.6) is 0 Å². The minimum absolute atomic E-state index is 0. The third-order valence-corrected chi connectivity index (χ3v) is 6.00. The molecular formula is C23H26ClF3N2O. The van der Waals surface area contributed by atoms with Gasteiger partial charge in [-0.3, -0.25) is 4.79 Å². The van der Waals surface area contributed by atoms with Crippen molar-refractivity contribution in [2.45, 2.75) is 43.3 Å². The molecule has 2 aromatic rings. The second-order valence-corrected chi connectivity index (χ2v) is 8.32. The average Bonchev–Trinajstić information content (AvgIpc) is 3.53. The van der Waals surface area contributed by atoms with E-state index in [-0.39, 0.29) is 24.2 Å². The Labute approximate surface area is 181 Å². The number of carbonyl (C=O) groups excluding carboxylic acids is 1. The molecule has 0 spiro atoms. The number of likely N-dealkylation sites (tertiary alicyclic amines) is 1. The molecule has 4 rings (SSSR count). The highest BCUT2D eigenvalue weighted by atomic mass is 35.5. The van der Waals surface area contributed by atoms with Crippen LogP contribution in [0.4, 0.5) is 13.2 Å². The van der Waals surface area contributed by atoms with Gasteiger partial charge in [0.15, 0.2) is 0 Å². The van der Waals surface area contributed by atoms with Crippen molar-refractivity contribution in [3.05, 3.63) is 70.8 Å². The number of amides is 1. The third kappa shape index (κ3) is 4.65. The van der Waals surface area contributed by atoms with E-state index in [1.807, 2.05) is 37.4 Å². The van der Waals surface area contributed by atoms with Gasteiger partial charge in [-0.05, 0) is 74.5 Å². The van der Waals surface area contributed by atoms with Crippen LogP contribution in [-0.2, 0) is 11.7 Å². The van der Waals surface area contributed by atoms with E-state index in [9.17, 15) is 18.0 Å². The second kappa shape index (κ2) is 8.60. The van der Waals surface area contributed by atoms with E-state index < -0.39 is 17.3 Å². The molecule has 0 aromatic heterocycles. The molecule has 1 saturated carbocycles. The highest BCUT2D eigenvalue weighted by molar-refractivity contribution is 5.96. The highest BCUT2D eigenvalue weighted by Crippen LogP contribution is 2.44. The van der Waals surface area contributed by atoms with E-state index >= 15 is 0 Å². The number of likely N-dealkylation sites (N-methyl/N-ethyl adjacent to an activating group) is 1. The zero-order chi connectivity index (χ0) is 20.6. The molecule has 162 valence electrons. The van der Waals surface area contributed by atoms with Crippen molar-refractivity contribution >= 4 is 18.3 Å². The molecule has 1 heterocycles. The van der Waals surface area contributed by atoms with E-state index in [1.54, 1.807) is 0 Å². The molecule has 0 bridgehead atoms. The fraction of sp³-hybridized carbons (Fsp3) is 0.435. The molecule has 3 nitrogen and oxygen atoms in total. The summed E-state index contributed by atoms with van der Waals surface area (Å²) in [6.45, 7) is 1.63. The van der Waals surface area contributed by atoms with Gasteiger partial charge in [0.05, 0.1) is 11.1 Å². The minimum atomic E-state index is -4.41. The fourth-order valence-electron chi connectivity index (χ4n) is 4.40. The van der Waals surface area contributed by atoms with Crippen LogP contribution in [0.25, 0.3) is 0 Å². The Bertz CT molecular complexity index is 899. The monoisotopic (exact) mass is 438 g/mol. The Morgan fingerprint density at radius 3 is 2.43 bits per heavy atom. The summed E-state index contributed by atoms with van der Waals surface area (Å²) in [4.78, 5) is 15.5. The molecule has 0 radical (unpaired) electrons. The van der Waals surface area contributed by atoms with Crippen LogP contribution in [0.2, 0.25) is 0 Å². The predicted octanol–water partition coefficient (Wildman–Crippen LogP) is 5.36. The minimum Gasteiger partial charge on any atom is -0.341 e. The summed E-state index contributed by atoms with van der Waals surface area (Å²) in [5.41, 5.74) is 0.675. The van der Waals surface area contributed by atoms with Crippen LogP contribution >= 0.6 is 12.4 Å². The molecule has 1 saturated heterocycles. The summed E-state index contributed by atoms with van der Waals surface area (Å²) < 4.78 is 39.5. The van der Waals surface area contributed by atoms with Crippen molar-refractivity contribution in [1.29, 1.82) is 0 Å². The van der Waals surface area contributed by atoms with Gasteiger partial charge in [-0.15, -0.1) is 12.4 Å². The average molecular weight is 439 g/mol. The number of halogens is 4. The van der Waals surface area contributed by atoms with Gasteiger partial charge in [0.2, 0.25) is 0 Å².